The minimum atomic E-state index is -4.47. The maximum Gasteiger partial charge on any atom is 0.397 e. The summed E-state index contributed by atoms with van der Waals surface area (Å²) in [5, 5.41) is -0.298. The van der Waals surface area contributed by atoms with Crippen LogP contribution in [0.4, 0.5) is 17.6 Å². The molecule has 1 aromatic carbocycles. The van der Waals surface area contributed by atoms with Gasteiger partial charge in [0.15, 0.2) is 0 Å². The first-order chi connectivity index (χ1) is 13.5. The van der Waals surface area contributed by atoms with E-state index < -0.39 is 45.7 Å². The van der Waals surface area contributed by atoms with E-state index in [0.29, 0.717) is 25.3 Å². The van der Waals surface area contributed by atoms with Gasteiger partial charge in [0.25, 0.3) is 5.91 Å². The van der Waals surface area contributed by atoms with Crippen molar-refractivity contribution in [3.8, 4) is 5.75 Å². The Balaban J connectivity index is 1.74. The fourth-order valence-electron chi connectivity index (χ4n) is 3.35. The fourth-order valence-corrected chi connectivity index (χ4v) is 4.79. The molecule has 0 spiro atoms. The van der Waals surface area contributed by atoms with Crippen LogP contribution in [-0.4, -0.2) is 44.5 Å². The lowest BCUT2D eigenvalue weighted by molar-refractivity contribution is -0.230. The first-order valence-electron chi connectivity index (χ1n) is 8.96. The van der Waals surface area contributed by atoms with Gasteiger partial charge in [0, 0.05) is 19.2 Å². The Hall–Kier alpha value is -1.59. The van der Waals surface area contributed by atoms with E-state index in [9.17, 15) is 30.8 Å². The molecule has 2 aliphatic rings. The molecule has 0 atom stereocenters. The van der Waals surface area contributed by atoms with Crippen molar-refractivity contribution in [2.24, 2.45) is 5.41 Å². The van der Waals surface area contributed by atoms with Gasteiger partial charge in [0.2, 0.25) is 0 Å². The van der Waals surface area contributed by atoms with Crippen molar-refractivity contribution >= 4 is 27.7 Å². The molecule has 1 aromatic rings. The van der Waals surface area contributed by atoms with Crippen LogP contribution in [0.5, 0.6) is 5.75 Å². The molecule has 1 saturated carbocycles. The summed E-state index contributed by atoms with van der Waals surface area (Å²) < 4.78 is 86.4. The minimum Gasteiger partial charge on any atom is -0.491 e. The molecule has 1 amide bonds. The number of nitrogens with one attached hydrogen (secondary N) is 1. The summed E-state index contributed by atoms with van der Waals surface area (Å²) in [6, 6.07) is 1.52. The molecule has 0 aromatic heterocycles. The van der Waals surface area contributed by atoms with E-state index in [1.54, 1.807) is 4.72 Å². The number of hydrogen-bond donors (Lipinski definition) is 1. The van der Waals surface area contributed by atoms with E-state index in [2.05, 4.69) is 0 Å². The van der Waals surface area contributed by atoms with Gasteiger partial charge in [-0.25, -0.2) is 9.11 Å². The van der Waals surface area contributed by atoms with E-state index >= 15 is 0 Å². The van der Waals surface area contributed by atoms with Crippen LogP contribution in [0.25, 0.3) is 0 Å². The molecule has 1 aliphatic carbocycles. The summed E-state index contributed by atoms with van der Waals surface area (Å²) in [5.41, 5.74) is -2.67. The van der Waals surface area contributed by atoms with E-state index in [-0.39, 0.29) is 36.7 Å². The van der Waals surface area contributed by atoms with Crippen LogP contribution >= 0.6 is 11.6 Å². The van der Waals surface area contributed by atoms with Gasteiger partial charge in [-0.15, -0.1) is 0 Å². The molecule has 1 N–H and O–H groups in total. The van der Waals surface area contributed by atoms with Gasteiger partial charge in [-0.1, -0.05) is 24.4 Å². The minimum absolute atomic E-state index is 0.0918. The molecule has 29 heavy (non-hydrogen) atoms. The molecule has 2 fully saturated rings. The standard InChI is InChI=1S/C17H19ClF4N2O4S/c18-12-8-11(15(25)23-29(26,27)24-6-3-7-24)13(19)9-14(12)28-10-16(17(20,21)22)4-1-2-5-16/h8-9H,1-7,10H2,(H,23,25). The Bertz CT molecular complexity index is 897. The number of nitrogens with zero attached hydrogens (tertiary/aromatic N) is 1. The molecular weight excluding hydrogens is 440 g/mol. The Morgan fingerprint density at radius 1 is 1.21 bits per heavy atom. The van der Waals surface area contributed by atoms with Crippen molar-refractivity contribution in [3.05, 3.63) is 28.5 Å². The predicted octanol–water partition coefficient (Wildman–Crippen LogP) is 3.66. The quantitative estimate of drug-likeness (QED) is 0.660. The molecule has 0 radical (unpaired) electrons. The molecular formula is C17H19ClF4N2O4S. The van der Waals surface area contributed by atoms with Crippen LogP contribution in [-0.2, 0) is 10.2 Å². The van der Waals surface area contributed by atoms with Crippen LogP contribution in [0.15, 0.2) is 12.1 Å². The zero-order valence-corrected chi connectivity index (χ0v) is 16.8. The summed E-state index contributed by atoms with van der Waals surface area (Å²) >= 11 is 5.95. The number of halogens is 5. The van der Waals surface area contributed by atoms with Gasteiger partial charge >= 0.3 is 16.4 Å². The lowest BCUT2D eigenvalue weighted by Crippen LogP contribution is -2.49. The maximum atomic E-state index is 14.4. The normalized spacial score (nSPS) is 19.6. The number of carbonyl (C=O) groups is 1. The predicted molar refractivity (Wildman–Crippen MR) is 96.4 cm³/mol. The third kappa shape index (κ3) is 4.46. The second kappa shape index (κ2) is 7.92. The third-order valence-corrected chi connectivity index (χ3v) is 7.09. The first-order valence-corrected chi connectivity index (χ1v) is 10.8. The molecule has 162 valence electrons. The third-order valence-electron chi connectivity index (χ3n) is 5.31. The number of amides is 1. The molecule has 12 heteroatoms. The Labute approximate surface area is 170 Å². The second-order valence-electron chi connectivity index (χ2n) is 7.23. The summed E-state index contributed by atoms with van der Waals surface area (Å²) in [6.45, 7) is -0.219. The number of ether oxygens (including phenoxy) is 1. The maximum absolute atomic E-state index is 14.4. The second-order valence-corrected chi connectivity index (χ2v) is 9.30. The van der Waals surface area contributed by atoms with Crippen LogP contribution in [0.1, 0.15) is 42.5 Å². The van der Waals surface area contributed by atoms with E-state index in [0.717, 1.165) is 10.4 Å². The van der Waals surface area contributed by atoms with Crippen LogP contribution in [0.2, 0.25) is 5.02 Å². The fraction of sp³-hybridized carbons (Fsp3) is 0.588. The van der Waals surface area contributed by atoms with Gasteiger partial charge < -0.3 is 4.74 Å². The molecule has 1 aliphatic heterocycles. The molecule has 3 rings (SSSR count). The molecule has 1 saturated heterocycles. The van der Waals surface area contributed by atoms with Crippen molar-refractivity contribution in [1.29, 1.82) is 0 Å². The van der Waals surface area contributed by atoms with Gasteiger partial charge in [-0.3, -0.25) is 4.79 Å². The van der Waals surface area contributed by atoms with E-state index in [4.69, 9.17) is 16.3 Å². The number of rotatable bonds is 6. The van der Waals surface area contributed by atoms with Crippen molar-refractivity contribution in [3.63, 3.8) is 0 Å². The molecule has 6 nitrogen and oxygen atoms in total. The molecule has 1 heterocycles. The first kappa shape index (κ1) is 22.1. The van der Waals surface area contributed by atoms with Crippen LogP contribution < -0.4 is 9.46 Å². The Kier molecular flexibility index (Phi) is 6.03. The summed E-state index contributed by atoms with van der Waals surface area (Å²) in [5.74, 6) is -2.74. The number of carbonyl (C=O) groups excluding carboxylic acids is 1. The van der Waals surface area contributed by atoms with Crippen molar-refractivity contribution in [2.45, 2.75) is 38.3 Å². The van der Waals surface area contributed by atoms with Gasteiger partial charge in [-0.05, 0) is 25.3 Å². The smallest absolute Gasteiger partial charge is 0.397 e. The summed E-state index contributed by atoms with van der Waals surface area (Å²) in [6.07, 6.45) is -3.18. The van der Waals surface area contributed by atoms with Crippen molar-refractivity contribution in [2.75, 3.05) is 19.7 Å². The van der Waals surface area contributed by atoms with Crippen LogP contribution in [0.3, 0.4) is 0 Å². The average Bonchev–Trinajstić information content (AvgIpc) is 3.02. The van der Waals surface area contributed by atoms with Gasteiger partial charge in [0.05, 0.1) is 16.0 Å². The van der Waals surface area contributed by atoms with Crippen molar-refractivity contribution in [1.82, 2.24) is 9.03 Å². The molecule has 0 bridgehead atoms. The Morgan fingerprint density at radius 2 is 1.83 bits per heavy atom. The van der Waals surface area contributed by atoms with Gasteiger partial charge in [-0.2, -0.15) is 25.9 Å². The number of alkyl halides is 3. The highest BCUT2D eigenvalue weighted by molar-refractivity contribution is 7.87. The lowest BCUT2D eigenvalue weighted by Gasteiger charge is -2.31. The monoisotopic (exact) mass is 458 g/mol. The topological polar surface area (TPSA) is 75.7 Å². The molecule has 0 unspecified atom stereocenters. The average molecular weight is 459 g/mol. The summed E-state index contributed by atoms with van der Waals surface area (Å²) in [7, 11) is -4.09. The van der Waals surface area contributed by atoms with Crippen molar-refractivity contribution < 1.29 is 35.5 Å². The van der Waals surface area contributed by atoms with E-state index in [1.165, 1.54) is 0 Å². The highest BCUT2D eigenvalue weighted by Crippen LogP contribution is 2.50. The summed E-state index contributed by atoms with van der Waals surface area (Å²) in [4.78, 5) is 12.1. The highest BCUT2D eigenvalue weighted by atomic mass is 35.5. The number of benzene rings is 1. The zero-order valence-electron chi connectivity index (χ0n) is 15.2. The van der Waals surface area contributed by atoms with Gasteiger partial charge in [0.1, 0.15) is 18.2 Å². The van der Waals surface area contributed by atoms with Crippen LogP contribution in [0, 0.1) is 11.2 Å². The number of hydrogen-bond acceptors (Lipinski definition) is 4. The zero-order chi connectivity index (χ0) is 21.4. The highest BCUT2D eigenvalue weighted by Gasteiger charge is 2.56. The lowest BCUT2D eigenvalue weighted by atomic mass is 9.86. The van der Waals surface area contributed by atoms with E-state index in [1.807, 2.05) is 0 Å². The largest absolute Gasteiger partial charge is 0.491 e. The Morgan fingerprint density at radius 3 is 2.34 bits per heavy atom. The SMILES string of the molecule is O=C(NS(=O)(=O)N1CCC1)c1cc(Cl)c(OCC2(C(F)(F)F)CCCC2)cc1F.